The minimum atomic E-state index is -4.60. The lowest BCUT2D eigenvalue weighted by molar-refractivity contribution is -0.136. The van der Waals surface area contributed by atoms with Crippen LogP contribution in [0.1, 0.15) is 18.4 Å². The van der Waals surface area contributed by atoms with Crippen molar-refractivity contribution in [1.82, 2.24) is 4.98 Å². The van der Waals surface area contributed by atoms with Gasteiger partial charge in [0.15, 0.2) is 5.69 Å². The molecule has 1 amide bonds. The Hall–Kier alpha value is -3.32. The highest BCUT2D eigenvalue weighted by molar-refractivity contribution is 5.91. The lowest BCUT2D eigenvalue weighted by Gasteiger charge is -2.33. The molecule has 0 atom stereocenters. The van der Waals surface area contributed by atoms with Crippen molar-refractivity contribution in [3.05, 3.63) is 53.5 Å². The van der Waals surface area contributed by atoms with Crippen molar-refractivity contribution in [2.24, 2.45) is 5.92 Å². The fourth-order valence-corrected chi connectivity index (χ4v) is 3.38. The van der Waals surface area contributed by atoms with Gasteiger partial charge in [-0.15, -0.1) is 0 Å². The number of anilines is 2. The molecule has 1 aromatic carbocycles. The second-order valence-electron chi connectivity index (χ2n) is 7.01. The molecule has 164 valence electrons. The number of carbonyl (C=O) groups is 1. The number of hydrogen-bond acceptors (Lipinski definition) is 5. The average Bonchev–Trinajstić information content (AvgIpc) is 2.77. The van der Waals surface area contributed by atoms with Crippen LogP contribution in [0.4, 0.5) is 30.4 Å². The zero-order valence-electron chi connectivity index (χ0n) is 16.5. The quantitative estimate of drug-likeness (QED) is 0.675. The van der Waals surface area contributed by atoms with E-state index in [0.717, 1.165) is 6.07 Å². The fraction of sp³-hybridized carbons (Fsp3) is 0.381. The van der Waals surface area contributed by atoms with Gasteiger partial charge in [0.05, 0.1) is 24.9 Å². The number of benzene rings is 1. The zero-order chi connectivity index (χ0) is 22.4. The Bertz CT molecular complexity index is 950. The molecule has 3 rings (SSSR count). The number of ether oxygens (including phenoxy) is 1. The Morgan fingerprint density at radius 2 is 2.03 bits per heavy atom. The molecule has 10 heteroatoms. The lowest BCUT2D eigenvalue weighted by atomic mass is 9.95. The van der Waals surface area contributed by atoms with Crippen LogP contribution in [-0.2, 0) is 11.0 Å². The number of rotatable bonds is 6. The Morgan fingerprint density at radius 3 is 2.61 bits per heavy atom. The van der Waals surface area contributed by atoms with Gasteiger partial charge in [0, 0.05) is 24.7 Å². The molecule has 1 fully saturated rings. The van der Waals surface area contributed by atoms with Crippen molar-refractivity contribution in [1.29, 1.82) is 0 Å². The second kappa shape index (κ2) is 9.66. The molecule has 2 N–H and O–H groups in total. The van der Waals surface area contributed by atoms with Gasteiger partial charge < -0.3 is 20.1 Å². The van der Waals surface area contributed by atoms with Gasteiger partial charge in [0.2, 0.25) is 5.91 Å². The summed E-state index contributed by atoms with van der Waals surface area (Å²) < 4.78 is 44.8. The van der Waals surface area contributed by atoms with Gasteiger partial charge in [-0.2, -0.15) is 13.2 Å². The number of aliphatic hydroxyl groups is 1. The predicted octanol–water partition coefficient (Wildman–Crippen LogP) is 3.88. The number of aliphatic hydroxyl groups excluding tert-OH is 1. The third-order valence-corrected chi connectivity index (χ3v) is 4.98. The zero-order valence-corrected chi connectivity index (χ0v) is 16.5. The van der Waals surface area contributed by atoms with E-state index < -0.39 is 17.4 Å². The van der Waals surface area contributed by atoms with Gasteiger partial charge in [0.1, 0.15) is 18.2 Å². The third-order valence-electron chi connectivity index (χ3n) is 4.98. The van der Waals surface area contributed by atoms with Crippen LogP contribution >= 0.6 is 0 Å². The van der Waals surface area contributed by atoms with Gasteiger partial charge in [-0.25, -0.2) is 9.83 Å². The first-order valence-electron chi connectivity index (χ1n) is 9.66. The van der Waals surface area contributed by atoms with Crippen molar-refractivity contribution in [2.45, 2.75) is 19.0 Å². The van der Waals surface area contributed by atoms with E-state index in [1.165, 1.54) is 18.3 Å². The SMILES string of the molecule is [C-]#[N+]c1ccc(N2CCC(C(=O)Nc3ccc(OCCO)cn3)CC2)cc1C(F)(F)F. The molecular formula is C21H21F3N4O3. The first-order chi connectivity index (χ1) is 14.8. The number of nitrogens with zero attached hydrogens (tertiary/aromatic N) is 3. The van der Waals surface area contributed by atoms with Crippen LogP contribution in [0.25, 0.3) is 4.85 Å². The molecule has 0 aliphatic carbocycles. The number of nitrogens with one attached hydrogen (secondary N) is 1. The molecule has 0 spiro atoms. The van der Waals surface area contributed by atoms with Crippen LogP contribution in [-0.4, -0.2) is 42.3 Å². The van der Waals surface area contributed by atoms with E-state index in [1.54, 1.807) is 17.0 Å². The number of halogens is 3. The molecule has 1 saturated heterocycles. The summed E-state index contributed by atoms with van der Waals surface area (Å²) >= 11 is 0. The van der Waals surface area contributed by atoms with Crippen LogP contribution < -0.4 is 15.0 Å². The minimum Gasteiger partial charge on any atom is -0.490 e. The van der Waals surface area contributed by atoms with Crippen LogP contribution in [0.2, 0.25) is 0 Å². The van der Waals surface area contributed by atoms with Crippen molar-refractivity contribution >= 4 is 23.1 Å². The summed E-state index contributed by atoms with van der Waals surface area (Å²) in [4.78, 5) is 21.4. The van der Waals surface area contributed by atoms with Crippen LogP contribution in [0.15, 0.2) is 36.5 Å². The standard InChI is InChI=1S/C21H21F3N4O3/c1-25-18-4-2-15(12-17(18)21(22,23)24)28-8-6-14(7-9-28)20(30)27-19-5-3-16(13-26-19)31-11-10-29/h2-5,12-14,29H,6-11H2,(H,26,27,30). The van der Waals surface area contributed by atoms with Crippen LogP contribution in [0.5, 0.6) is 5.75 Å². The molecule has 0 saturated carbocycles. The number of hydrogen-bond donors (Lipinski definition) is 2. The molecule has 2 heterocycles. The van der Waals surface area contributed by atoms with Gasteiger partial charge in [0.25, 0.3) is 0 Å². The largest absolute Gasteiger partial charge is 0.490 e. The number of aromatic nitrogens is 1. The molecule has 7 nitrogen and oxygen atoms in total. The molecular weight excluding hydrogens is 413 g/mol. The minimum absolute atomic E-state index is 0.113. The monoisotopic (exact) mass is 434 g/mol. The van der Waals surface area contributed by atoms with E-state index in [4.69, 9.17) is 16.4 Å². The maximum absolute atomic E-state index is 13.2. The number of carbonyl (C=O) groups excluding carboxylic acids is 1. The second-order valence-corrected chi connectivity index (χ2v) is 7.01. The molecule has 0 unspecified atom stereocenters. The summed E-state index contributed by atoms with van der Waals surface area (Å²) in [6, 6.07) is 6.91. The van der Waals surface area contributed by atoms with E-state index in [9.17, 15) is 18.0 Å². The molecule has 1 aliphatic rings. The average molecular weight is 434 g/mol. The Labute approximate surface area is 177 Å². The van der Waals surface area contributed by atoms with Crippen molar-refractivity contribution < 1.29 is 27.8 Å². The van der Waals surface area contributed by atoms with Crippen molar-refractivity contribution in [3.8, 4) is 5.75 Å². The maximum Gasteiger partial charge on any atom is 0.407 e. The summed E-state index contributed by atoms with van der Waals surface area (Å²) in [5, 5.41) is 11.5. The van der Waals surface area contributed by atoms with E-state index in [1.807, 2.05) is 0 Å². The normalized spacial score (nSPS) is 14.7. The predicted molar refractivity (Wildman–Crippen MR) is 108 cm³/mol. The maximum atomic E-state index is 13.2. The lowest BCUT2D eigenvalue weighted by Crippen LogP contribution is -2.38. The summed E-state index contributed by atoms with van der Waals surface area (Å²) in [6.45, 7) is 7.82. The van der Waals surface area contributed by atoms with E-state index in [2.05, 4.69) is 15.1 Å². The van der Waals surface area contributed by atoms with E-state index in [0.29, 0.717) is 43.2 Å². The fourth-order valence-electron chi connectivity index (χ4n) is 3.38. The van der Waals surface area contributed by atoms with Crippen LogP contribution in [0.3, 0.4) is 0 Å². The number of pyridine rings is 1. The van der Waals surface area contributed by atoms with Crippen molar-refractivity contribution in [2.75, 3.05) is 36.5 Å². The third kappa shape index (κ3) is 5.64. The Morgan fingerprint density at radius 1 is 1.29 bits per heavy atom. The number of piperidine rings is 1. The topological polar surface area (TPSA) is 79.1 Å². The van der Waals surface area contributed by atoms with E-state index >= 15 is 0 Å². The van der Waals surface area contributed by atoms with Gasteiger partial charge in [-0.1, -0.05) is 6.07 Å². The first-order valence-corrected chi connectivity index (χ1v) is 9.66. The molecule has 31 heavy (non-hydrogen) atoms. The van der Waals surface area contributed by atoms with Gasteiger partial charge in [-0.05, 0) is 37.1 Å². The molecule has 0 radical (unpaired) electrons. The molecule has 1 aromatic heterocycles. The summed E-state index contributed by atoms with van der Waals surface area (Å²) in [7, 11) is 0. The molecule has 2 aromatic rings. The van der Waals surface area contributed by atoms with Crippen molar-refractivity contribution in [3.63, 3.8) is 0 Å². The number of alkyl halides is 3. The number of amides is 1. The summed E-state index contributed by atoms with van der Waals surface area (Å²) in [6.07, 6.45) is -2.19. The summed E-state index contributed by atoms with van der Waals surface area (Å²) in [5.74, 6) is 0.361. The highest BCUT2D eigenvalue weighted by Crippen LogP contribution is 2.39. The Kier molecular flexibility index (Phi) is 6.97. The highest BCUT2D eigenvalue weighted by Gasteiger charge is 2.34. The highest BCUT2D eigenvalue weighted by atomic mass is 19.4. The molecule has 0 bridgehead atoms. The van der Waals surface area contributed by atoms with E-state index in [-0.39, 0.29) is 25.0 Å². The summed E-state index contributed by atoms with van der Waals surface area (Å²) in [5.41, 5.74) is -0.984. The van der Waals surface area contributed by atoms with Crippen LogP contribution in [0, 0.1) is 12.5 Å². The van der Waals surface area contributed by atoms with Gasteiger partial charge >= 0.3 is 6.18 Å². The smallest absolute Gasteiger partial charge is 0.407 e. The van der Waals surface area contributed by atoms with Gasteiger partial charge in [-0.3, -0.25) is 4.79 Å². The Balaban J connectivity index is 1.58. The molecule has 1 aliphatic heterocycles. The first kappa shape index (κ1) is 22.4.